The summed E-state index contributed by atoms with van der Waals surface area (Å²) in [6, 6.07) is 0. The molecule has 0 aliphatic carbocycles. The van der Waals surface area contributed by atoms with E-state index >= 15 is 0 Å². The first-order chi connectivity index (χ1) is 3.93. The molecule has 51 valence electrons. The Morgan fingerprint density at radius 3 is 2.22 bits per heavy atom. The predicted octanol–water partition coefficient (Wildman–Crippen LogP) is 0.0813. The Morgan fingerprint density at radius 1 is 1.33 bits per heavy atom. The van der Waals surface area contributed by atoms with E-state index in [4.69, 9.17) is 4.74 Å². The van der Waals surface area contributed by atoms with Gasteiger partial charge in [0, 0.05) is 37.5 Å². The average molecular weight is 235 g/mol. The molecule has 2 nitrogen and oxygen atoms in total. The smallest absolute Gasteiger partial charge is 0.0642 e. The van der Waals surface area contributed by atoms with Crippen LogP contribution in [0.15, 0.2) is 12.8 Å². The fourth-order valence-electron chi connectivity index (χ4n) is 0.760. The van der Waals surface area contributed by atoms with Gasteiger partial charge in [0.1, 0.15) is 0 Å². The van der Waals surface area contributed by atoms with Crippen molar-refractivity contribution in [2.45, 2.75) is 0 Å². The van der Waals surface area contributed by atoms with Crippen molar-refractivity contribution in [3.63, 3.8) is 0 Å². The molecule has 0 N–H and O–H groups in total. The van der Waals surface area contributed by atoms with Gasteiger partial charge in [-0.05, 0) is 6.20 Å². The van der Waals surface area contributed by atoms with Gasteiger partial charge >= 0.3 is 0 Å². The van der Waals surface area contributed by atoms with Gasteiger partial charge in [-0.2, -0.15) is 0 Å². The Hall–Kier alpha value is 0.318. The molecule has 1 aliphatic heterocycles. The first-order valence-electron chi connectivity index (χ1n) is 2.88. The Morgan fingerprint density at radius 2 is 1.89 bits per heavy atom. The second kappa shape index (κ2) is 5.13. The molecule has 1 rings (SSSR count). The summed E-state index contributed by atoms with van der Waals surface area (Å²) in [5.41, 5.74) is 0. The van der Waals surface area contributed by atoms with Crippen LogP contribution in [0.25, 0.3) is 0 Å². The Labute approximate surface area is 73.3 Å². The predicted molar refractivity (Wildman–Crippen MR) is 38.3 cm³/mol. The summed E-state index contributed by atoms with van der Waals surface area (Å²) in [6.45, 7) is 7.37. The van der Waals surface area contributed by atoms with Crippen LogP contribution in [0.4, 0.5) is 0 Å². The van der Waals surface area contributed by atoms with E-state index < -0.39 is 0 Å². The minimum atomic E-state index is 0. The third-order valence-electron chi connectivity index (χ3n) is 1.30. The molecule has 1 saturated heterocycles. The molecule has 3 radical (unpaired) electrons. The average Bonchev–Trinajstić information content (AvgIpc) is 1.90. The van der Waals surface area contributed by atoms with Crippen LogP contribution in [0.2, 0.25) is 0 Å². The maximum Gasteiger partial charge on any atom is 0.0642 e. The zero-order chi connectivity index (χ0) is 5.82. The number of hydrogen-bond donors (Lipinski definition) is 0. The number of hydrogen-bond acceptors (Lipinski definition) is 2. The molecule has 0 aromatic heterocycles. The van der Waals surface area contributed by atoms with Crippen molar-refractivity contribution >= 4 is 24.4 Å². The maximum absolute atomic E-state index is 5.11. The van der Waals surface area contributed by atoms with Crippen molar-refractivity contribution < 1.29 is 4.74 Å². The summed E-state index contributed by atoms with van der Waals surface area (Å²) in [4.78, 5) is 2.16. The van der Waals surface area contributed by atoms with E-state index in [-0.39, 0.29) is 24.4 Å². The van der Waals surface area contributed by atoms with E-state index in [9.17, 15) is 0 Å². The molecule has 0 bridgehead atoms. The first kappa shape index (κ1) is 9.32. The van der Waals surface area contributed by atoms with Gasteiger partial charge in [0.2, 0.25) is 0 Å². The van der Waals surface area contributed by atoms with Crippen molar-refractivity contribution in [2.75, 3.05) is 26.3 Å². The zero-order valence-electron chi connectivity index (χ0n) is 5.42. The van der Waals surface area contributed by atoms with E-state index in [0.29, 0.717) is 0 Å². The number of nitrogens with zero attached hydrogens (tertiary/aromatic N) is 1. The van der Waals surface area contributed by atoms with E-state index in [1.807, 2.05) is 6.20 Å². The summed E-state index contributed by atoms with van der Waals surface area (Å²) < 4.78 is 5.11. The molecule has 0 spiro atoms. The van der Waals surface area contributed by atoms with Crippen molar-refractivity contribution in [3.05, 3.63) is 12.8 Å². The molecular weight excluding hydrogens is 224 g/mol. The topological polar surface area (TPSA) is 12.5 Å². The summed E-state index contributed by atoms with van der Waals surface area (Å²) in [6.07, 6.45) is 1.86. The second-order valence-electron chi connectivity index (χ2n) is 1.83. The molecular formula is C6H11NOSb. The first-order valence-corrected chi connectivity index (χ1v) is 2.88. The second-order valence-corrected chi connectivity index (χ2v) is 1.83. The van der Waals surface area contributed by atoms with Gasteiger partial charge in [-0.3, -0.25) is 0 Å². The number of morpholine rings is 1. The zero-order valence-corrected chi connectivity index (χ0v) is 7.97. The Bertz CT molecular complexity index is 81.1. The summed E-state index contributed by atoms with van der Waals surface area (Å²) in [5, 5.41) is 0. The minimum absolute atomic E-state index is 0. The SMILES string of the molecule is C=CN1CCOCC1.[Sb]. The van der Waals surface area contributed by atoms with Crippen LogP contribution in [0.3, 0.4) is 0 Å². The molecule has 0 aromatic carbocycles. The summed E-state index contributed by atoms with van der Waals surface area (Å²) >= 11 is 0. The van der Waals surface area contributed by atoms with E-state index in [2.05, 4.69) is 11.5 Å². The fraction of sp³-hybridized carbons (Fsp3) is 0.667. The third-order valence-corrected chi connectivity index (χ3v) is 1.30. The molecule has 0 saturated carbocycles. The van der Waals surface area contributed by atoms with Crippen LogP contribution in [-0.4, -0.2) is 55.6 Å². The standard InChI is InChI=1S/C6H11NO.Sb/c1-2-7-3-5-8-6-4-7;/h2H,1,3-6H2;. The van der Waals surface area contributed by atoms with Gasteiger partial charge in [-0.1, -0.05) is 6.58 Å². The van der Waals surface area contributed by atoms with Crippen molar-refractivity contribution in [2.24, 2.45) is 0 Å². The third kappa shape index (κ3) is 3.12. The molecule has 3 heteroatoms. The van der Waals surface area contributed by atoms with Crippen LogP contribution in [-0.2, 0) is 4.74 Å². The molecule has 1 fully saturated rings. The van der Waals surface area contributed by atoms with Crippen LogP contribution in [0.5, 0.6) is 0 Å². The van der Waals surface area contributed by atoms with Gasteiger partial charge < -0.3 is 9.64 Å². The summed E-state index contributed by atoms with van der Waals surface area (Å²) in [7, 11) is 0. The van der Waals surface area contributed by atoms with Crippen LogP contribution in [0, 0.1) is 0 Å². The molecule has 0 atom stereocenters. The van der Waals surface area contributed by atoms with Crippen LogP contribution in [0.1, 0.15) is 0 Å². The van der Waals surface area contributed by atoms with Crippen LogP contribution >= 0.6 is 0 Å². The van der Waals surface area contributed by atoms with Gasteiger partial charge in [-0.25, -0.2) is 0 Å². The monoisotopic (exact) mass is 234 g/mol. The van der Waals surface area contributed by atoms with Crippen molar-refractivity contribution in [3.8, 4) is 0 Å². The van der Waals surface area contributed by atoms with Gasteiger partial charge in [-0.15, -0.1) is 0 Å². The Balaban J connectivity index is 0.000000640. The van der Waals surface area contributed by atoms with Gasteiger partial charge in [0.15, 0.2) is 0 Å². The molecule has 0 amide bonds. The fourth-order valence-corrected chi connectivity index (χ4v) is 0.760. The molecule has 1 aliphatic rings. The number of rotatable bonds is 1. The summed E-state index contributed by atoms with van der Waals surface area (Å²) in [5.74, 6) is 0. The van der Waals surface area contributed by atoms with Gasteiger partial charge in [0.25, 0.3) is 0 Å². The van der Waals surface area contributed by atoms with Crippen LogP contribution < -0.4 is 0 Å². The normalized spacial score (nSPS) is 18.4. The molecule has 0 unspecified atom stereocenters. The molecule has 1 heterocycles. The number of ether oxygens (including phenoxy) is 1. The largest absolute Gasteiger partial charge is 0.378 e. The van der Waals surface area contributed by atoms with E-state index in [1.165, 1.54) is 0 Å². The molecule has 9 heavy (non-hydrogen) atoms. The van der Waals surface area contributed by atoms with E-state index in [1.54, 1.807) is 0 Å². The van der Waals surface area contributed by atoms with E-state index in [0.717, 1.165) is 26.3 Å². The minimum Gasteiger partial charge on any atom is -0.378 e. The van der Waals surface area contributed by atoms with Gasteiger partial charge in [0.05, 0.1) is 13.2 Å². The molecule has 0 aromatic rings. The maximum atomic E-state index is 5.11. The Kier molecular flexibility index (Phi) is 5.31. The quantitative estimate of drug-likeness (QED) is 0.597. The van der Waals surface area contributed by atoms with Crippen molar-refractivity contribution in [1.82, 2.24) is 4.90 Å². The van der Waals surface area contributed by atoms with Crippen molar-refractivity contribution in [1.29, 1.82) is 0 Å².